The molecule has 2 aromatic carbocycles. The largest absolute Gasteiger partial charge is 0.465 e. The number of rotatable bonds is 4. The van der Waals surface area contributed by atoms with E-state index in [9.17, 15) is 4.79 Å². The van der Waals surface area contributed by atoms with Gasteiger partial charge in [-0.05, 0) is 93.6 Å². The molecule has 0 heterocycles. The molecular weight excluding hydrogens is 475 g/mol. The Balaban J connectivity index is 1.91. The number of carbonyl (C=O) groups excluding carboxylic acids is 1. The molecule has 0 amide bonds. The van der Waals surface area contributed by atoms with Gasteiger partial charge in [0.1, 0.15) is 5.75 Å². The van der Waals surface area contributed by atoms with Crippen LogP contribution in [0.3, 0.4) is 0 Å². The molecule has 0 atom stereocenters. The molecule has 0 unspecified atom stereocenters. The molecule has 0 radical (unpaired) electrons. The van der Waals surface area contributed by atoms with Crippen LogP contribution in [0.15, 0.2) is 42.7 Å². The van der Waals surface area contributed by atoms with Crippen LogP contribution < -0.4 is 4.74 Å². The summed E-state index contributed by atoms with van der Waals surface area (Å²) in [6.07, 6.45) is 4.16. The number of benzene rings is 2. The van der Waals surface area contributed by atoms with Crippen molar-refractivity contribution in [3.05, 3.63) is 68.5 Å². The minimum absolute atomic E-state index is 0.173. The van der Waals surface area contributed by atoms with Gasteiger partial charge in [-0.3, -0.25) is 0 Å². The lowest BCUT2D eigenvalue weighted by molar-refractivity contribution is 0.0600. The van der Waals surface area contributed by atoms with E-state index in [-0.39, 0.29) is 16.8 Å². The molecule has 0 bridgehead atoms. The lowest BCUT2D eigenvalue weighted by Gasteiger charge is -2.42. The fourth-order valence-electron chi connectivity index (χ4n) is 3.89. The van der Waals surface area contributed by atoms with E-state index in [4.69, 9.17) is 9.47 Å². The monoisotopic (exact) mass is 504 g/mol. The lowest BCUT2D eigenvalue weighted by atomic mass is 9.63. The van der Waals surface area contributed by atoms with Gasteiger partial charge in [0.15, 0.2) is 0 Å². The zero-order valence-corrected chi connectivity index (χ0v) is 20.2. The summed E-state index contributed by atoms with van der Waals surface area (Å²) >= 11 is 2.20. The van der Waals surface area contributed by atoms with Crippen molar-refractivity contribution in [2.45, 2.75) is 58.3 Å². The Morgan fingerprint density at radius 1 is 0.966 bits per heavy atom. The first-order chi connectivity index (χ1) is 13.5. The number of ether oxygens (including phenoxy) is 2. The maximum absolute atomic E-state index is 11.8. The van der Waals surface area contributed by atoms with E-state index in [1.165, 1.54) is 31.1 Å². The van der Waals surface area contributed by atoms with Gasteiger partial charge < -0.3 is 9.47 Å². The Morgan fingerprint density at radius 2 is 1.59 bits per heavy atom. The van der Waals surface area contributed by atoms with Crippen LogP contribution in [0.5, 0.6) is 5.75 Å². The highest BCUT2D eigenvalue weighted by molar-refractivity contribution is 14.1. The molecule has 0 saturated carbocycles. The molecule has 3 nitrogen and oxygen atoms in total. The third-order valence-corrected chi connectivity index (χ3v) is 6.91. The standard InChI is InChI=1S/C25H29IO3/c1-16(15-29-22-14-18(23(27)28-6)8-10-21(22)26)17-7-9-19-20(13-17)25(4,5)12-11-24(19,2)3/h7-10,13-15H,11-12H2,1-6H3. The SMILES string of the molecule is COC(=O)c1ccc(I)c(OC=C(C)c2ccc3c(c2)C(C)(C)CCC3(C)C)c1. The van der Waals surface area contributed by atoms with E-state index in [1.807, 2.05) is 6.07 Å². The smallest absolute Gasteiger partial charge is 0.337 e. The van der Waals surface area contributed by atoms with Crippen molar-refractivity contribution < 1.29 is 14.3 Å². The van der Waals surface area contributed by atoms with Gasteiger partial charge in [-0.1, -0.05) is 45.9 Å². The predicted molar refractivity (Wildman–Crippen MR) is 127 cm³/mol. The molecule has 0 N–H and O–H groups in total. The van der Waals surface area contributed by atoms with Crippen LogP contribution >= 0.6 is 22.6 Å². The molecule has 0 aromatic heterocycles. The quantitative estimate of drug-likeness (QED) is 0.259. The first-order valence-electron chi connectivity index (χ1n) is 9.92. The third kappa shape index (κ3) is 4.52. The number of methoxy groups -OCH3 is 1. The van der Waals surface area contributed by atoms with Crippen molar-refractivity contribution in [3.63, 3.8) is 0 Å². The average Bonchev–Trinajstić information content (AvgIpc) is 2.69. The number of allylic oxidation sites excluding steroid dienone is 1. The third-order valence-electron chi connectivity index (χ3n) is 6.02. The molecule has 29 heavy (non-hydrogen) atoms. The maximum Gasteiger partial charge on any atom is 0.337 e. The maximum atomic E-state index is 11.8. The van der Waals surface area contributed by atoms with Crippen molar-refractivity contribution in [1.29, 1.82) is 0 Å². The Bertz CT molecular complexity index is 970. The number of esters is 1. The molecule has 0 spiro atoms. The van der Waals surface area contributed by atoms with Crippen LogP contribution in [-0.4, -0.2) is 13.1 Å². The van der Waals surface area contributed by atoms with Gasteiger partial charge in [-0.15, -0.1) is 0 Å². The van der Waals surface area contributed by atoms with E-state index in [1.54, 1.807) is 18.4 Å². The first-order valence-corrected chi connectivity index (χ1v) is 11.0. The second kappa shape index (κ2) is 8.13. The second-order valence-corrected chi connectivity index (χ2v) is 10.2. The van der Waals surface area contributed by atoms with Crippen molar-refractivity contribution >= 4 is 34.1 Å². The minimum atomic E-state index is -0.369. The Labute approximate surface area is 187 Å². The summed E-state index contributed by atoms with van der Waals surface area (Å²) < 4.78 is 11.7. The van der Waals surface area contributed by atoms with Gasteiger partial charge in [0.05, 0.1) is 22.5 Å². The summed E-state index contributed by atoms with van der Waals surface area (Å²) in [5, 5.41) is 0. The summed E-state index contributed by atoms with van der Waals surface area (Å²) in [5.41, 5.74) is 5.95. The van der Waals surface area contributed by atoms with Crippen molar-refractivity contribution in [2.75, 3.05) is 7.11 Å². The summed E-state index contributed by atoms with van der Waals surface area (Å²) in [6, 6.07) is 12.1. The van der Waals surface area contributed by atoms with Gasteiger partial charge in [0, 0.05) is 0 Å². The summed E-state index contributed by atoms with van der Waals surface area (Å²) in [5.74, 6) is 0.277. The number of halogens is 1. The molecule has 0 aliphatic heterocycles. The highest BCUT2D eigenvalue weighted by Crippen LogP contribution is 2.46. The Hall–Kier alpha value is -1.82. The second-order valence-electron chi connectivity index (χ2n) is 9.08. The normalized spacial score (nSPS) is 17.4. The van der Waals surface area contributed by atoms with Gasteiger partial charge in [0.2, 0.25) is 0 Å². The Kier molecular flexibility index (Phi) is 6.13. The molecule has 1 aliphatic rings. The molecule has 0 saturated heterocycles. The van der Waals surface area contributed by atoms with E-state index in [0.717, 1.165) is 14.7 Å². The van der Waals surface area contributed by atoms with E-state index < -0.39 is 0 Å². The summed E-state index contributed by atoms with van der Waals surface area (Å²) in [4.78, 5) is 11.8. The molecule has 0 fully saturated rings. The molecule has 1 aliphatic carbocycles. The molecule has 4 heteroatoms. The van der Waals surface area contributed by atoms with Crippen LogP contribution in [-0.2, 0) is 15.6 Å². The van der Waals surface area contributed by atoms with Crippen LogP contribution in [0.25, 0.3) is 5.57 Å². The molecule has 154 valence electrons. The number of fused-ring (bicyclic) bond motifs is 1. The zero-order chi connectivity index (χ0) is 21.4. The lowest BCUT2D eigenvalue weighted by Crippen LogP contribution is -2.33. The number of carbonyl (C=O) groups is 1. The molecule has 3 rings (SSSR count). The fraction of sp³-hybridized carbons (Fsp3) is 0.400. The van der Waals surface area contributed by atoms with E-state index >= 15 is 0 Å². The summed E-state index contributed by atoms with van der Waals surface area (Å²) in [6.45, 7) is 11.4. The highest BCUT2D eigenvalue weighted by atomic mass is 127. The van der Waals surface area contributed by atoms with Crippen LogP contribution in [0, 0.1) is 3.57 Å². The molecular formula is C25H29IO3. The van der Waals surface area contributed by atoms with Crippen LogP contribution in [0.4, 0.5) is 0 Å². The minimum Gasteiger partial charge on any atom is -0.465 e. The van der Waals surface area contributed by atoms with Gasteiger partial charge in [-0.2, -0.15) is 0 Å². The summed E-state index contributed by atoms with van der Waals surface area (Å²) in [7, 11) is 1.38. The topological polar surface area (TPSA) is 35.5 Å². The predicted octanol–water partition coefficient (Wildman–Crippen LogP) is 6.87. The van der Waals surface area contributed by atoms with Crippen molar-refractivity contribution in [3.8, 4) is 5.75 Å². The van der Waals surface area contributed by atoms with Gasteiger partial charge in [-0.25, -0.2) is 4.79 Å². The first kappa shape index (κ1) is 21.9. The fourth-order valence-corrected chi connectivity index (χ4v) is 4.36. The van der Waals surface area contributed by atoms with E-state index in [0.29, 0.717) is 11.3 Å². The van der Waals surface area contributed by atoms with Crippen molar-refractivity contribution in [2.24, 2.45) is 0 Å². The van der Waals surface area contributed by atoms with E-state index in [2.05, 4.69) is 75.4 Å². The van der Waals surface area contributed by atoms with Gasteiger partial charge in [0.25, 0.3) is 0 Å². The van der Waals surface area contributed by atoms with Crippen LogP contribution in [0.2, 0.25) is 0 Å². The molecule has 2 aromatic rings. The zero-order valence-electron chi connectivity index (χ0n) is 18.1. The van der Waals surface area contributed by atoms with Crippen molar-refractivity contribution in [1.82, 2.24) is 0 Å². The number of hydrogen-bond acceptors (Lipinski definition) is 3. The van der Waals surface area contributed by atoms with Crippen LogP contribution in [0.1, 0.15) is 74.5 Å². The average molecular weight is 504 g/mol. The van der Waals surface area contributed by atoms with Gasteiger partial charge >= 0.3 is 5.97 Å². The highest BCUT2D eigenvalue weighted by Gasteiger charge is 2.36. The Morgan fingerprint density at radius 3 is 2.24 bits per heavy atom. The number of hydrogen-bond donors (Lipinski definition) is 0.